The Labute approximate surface area is 229 Å². The van der Waals surface area contributed by atoms with Crippen molar-refractivity contribution in [2.24, 2.45) is 5.41 Å². The van der Waals surface area contributed by atoms with Gasteiger partial charge in [0.2, 0.25) is 5.91 Å². The summed E-state index contributed by atoms with van der Waals surface area (Å²) in [5.74, 6) is -1.89. The minimum Gasteiger partial charge on any atom is -0.481 e. The summed E-state index contributed by atoms with van der Waals surface area (Å²) in [6, 6.07) is 13.4. The molecule has 2 aromatic rings. The van der Waals surface area contributed by atoms with Gasteiger partial charge in [0, 0.05) is 22.0 Å². The van der Waals surface area contributed by atoms with Crippen LogP contribution in [-0.4, -0.2) is 47.3 Å². The second-order valence-corrected chi connectivity index (χ2v) is 13.7. The number of carbonyl (C=O) groups excluding carboxylic acids is 1. The molecule has 3 rings (SSSR count). The van der Waals surface area contributed by atoms with Crippen molar-refractivity contribution in [1.29, 1.82) is 0 Å². The van der Waals surface area contributed by atoms with E-state index in [1.54, 1.807) is 36.9 Å². The first-order valence-electron chi connectivity index (χ1n) is 12.6. The molecule has 9 heteroatoms. The Hall–Kier alpha value is -2.09. The smallest absolute Gasteiger partial charge is 0.304 e. The number of piperidine rings is 1. The number of nitrogens with zero attached hydrogens (tertiary/aromatic N) is 1. The molecule has 1 amide bonds. The highest BCUT2D eigenvalue weighted by atomic mass is 35.5. The molecule has 1 fully saturated rings. The Morgan fingerprint density at radius 1 is 1.08 bits per heavy atom. The zero-order valence-electron chi connectivity index (χ0n) is 21.7. The van der Waals surface area contributed by atoms with Crippen LogP contribution in [0.15, 0.2) is 48.5 Å². The van der Waals surface area contributed by atoms with Gasteiger partial charge in [0.1, 0.15) is 0 Å². The summed E-state index contributed by atoms with van der Waals surface area (Å²) in [6.07, 6.45) is 0.673. The molecular weight excluding hydrogens is 533 g/mol. The molecule has 4 unspecified atom stereocenters. The molecule has 1 saturated heterocycles. The van der Waals surface area contributed by atoms with Crippen molar-refractivity contribution in [2.45, 2.75) is 76.6 Å². The van der Waals surface area contributed by atoms with Crippen LogP contribution in [0.5, 0.6) is 0 Å². The fourth-order valence-corrected chi connectivity index (χ4v) is 7.05. The average molecular weight is 569 g/mol. The van der Waals surface area contributed by atoms with E-state index in [4.69, 9.17) is 23.2 Å². The fraction of sp³-hybridized carbons (Fsp3) is 0.500. The van der Waals surface area contributed by atoms with Crippen LogP contribution >= 0.6 is 23.2 Å². The maximum absolute atomic E-state index is 14.4. The standard InChI is InChI=1S/C28H35Cl2NO5S/c1-5-23(17-37(35,36)18(3)4)31-26(19-10-12-21(29)13-11-19)24(20-8-7-9-22(30)14-20)15-28(6-2,27(31)34)16-25(32)33/h7-14,18,23-24,26H,5-6,15-17H2,1-4H3,(H,32,33). The van der Waals surface area contributed by atoms with Crippen molar-refractivity contribution in [2.75, 3.05) is 5.75 Å². The van der Waals surface area contributed by atoms with E-state index < -0.39 is 38.6 Å². The number of hydrogen-bond acceptors (Lipinski definition) is 4. The van der Waals surface area contributed by atoms with E-state index in [1.807, 2.05) is 44.2 Å². The van der Waals surface area contributed by atoms with E-state index in [1.165, 1.54) is 0 Å². The number of carboxylic acid groups (broad SMARTS) is 1. The molecule has 0 aromatic heterocycles. The van der Waals surface area contributed by atoms with E-state index in [9.17, 15) is 23.1 Å². The highest BCUT2D eigenvalue weighted by Crippen LogP contribution is 2.53. The largest absolute Gasteiger partial charge is 0.481 e. The molecule has 0 saturated carbocycles. The van der Waals surface area contributed by atoms with Crippen molar-refractivity contribution < 1.29 is 23.1 Å². The number of amides is 1. The maximum atomic E-state index is 14.4. The third-order valence-electron chi connectivity index (χ3n) is 7.64. The van der Waals surface area contributed by atoms with Crippen molar-refractivity contribution in [3.63, 3.8) is 0 Å². The van der Waals surface area contributed by atoms with Crippen molar-refractivity contribution in [3.05, 3.63) is 69.7 Å². The van der Waals surface area contributed by atoms with E-state index >= 15 is 0 Å². The molecule has 0 radical (unpaired) electrons. The van der Waals surface area contributed by atoms with Gasteiger partial charge in [-0.15, -0.1) is 0 Å². The quantitative estimate of drug-likeness (QED) is 0.352. The van der Waals surface area contributed by atoms with Gasteiger partial charge in [0.15, 0.2) is 9.84 Å². The first kappa shape index (κ1) is 29.5. The number of hydrogen-bond donors (Lipinski definition) is 1. The SMILES string of the molecule is CCC(CS(=O)(=O)C(C)C)N1C(=O)C(CC)(CC(=O)O)CC(c2cccc(Cl)c2)C1c1ccc(Cl)cc1. The molecule has 4 atom stereocenters. The molecule has 1 heterocycles. The number of sulfone groups is 1. The first-order chi connectivity index (χ1) is 17.3. The van der Waals surface area contributed by atoms with Crippen LogP contribution < -0.4 is 0 Å². The summed E-state index contributed by atoms with van der Waals surface area (Å²) >= 11 is 12.6. The Balaban J connectivity index is 2.30. The summed E-state index contributed by atoms with van der Waals surface area (Å²) in [4.78, 5) is 28.1. The van der Waals surface area contributed by atoms with Gasteiger partial charge in [0.05, 0.1) is 28.9 Å². The second-order valence-electron chi connectivity index (χ2n) is 10.2. The van der Waals surface area contributed by atoms with Crippen LogP contribution in [0.4, 0.5) is 0 Å². The molecule has 6 nitrogen and oxygen atoms in total. The van der Waals surface area contributed by atoms with Crippen molar-refractivity contribution in [3.8, 4) is 0 Å². The number of rotatable bonds is 10. The number of likely N-dealkylation sites (tertiary alicyclic amines) is 1. The van der Waals surface area contributed by atoms with Crippen molar-refractivity contribution >= 4 is 44.9 Å². The highest BCUT2D eigenvalue weighted by molar-refractivity contribution is 7.92. The molecule has 2 aromatic carbocycles. The van der Waals surface area contributed by atoms with Crippen LogP contribution in [0.1, 0.15) is 76.5 Å². The third kappa shape index (κ3) is 6.32. The maximum Gasteiger partial charge on any atom is 0.304 e. The van der Waals surface area contributed by atoms with Crippen LogP contribution in [0.2, 0.25) is 10.0 Å². The first-order valence-corrected chi connectivity index (χ1v) is 15.1. The van der Waals surface area contributed by atoms with Gasteiger partial charge in [0.25, 0.3) is 0 Å². The molecule has 0 spiro atoms. The zero-order chi connectivity index (χ0) is 27.5. The second kappa shape index (κ2) is 11.7. The molecule has 1 aliphatic heterocycles. The highest BCUT2D eigenvalue weighted by Gasteiger charge is 2.54. The fourth-order valence-electron chi connectivity index (χ4n) is 5.41. The average Bonchev–Trinajstić information content (AvgIpc) is 2.84. The number of halogens is 2. The summed E-state index contributed by atoms with van der Waals surface area (Å²) in [6.45, 7) is 6.95. The third-order valence-corrected chi connectivity index (χ3v) is 10.4. The Kier molecular flexibility index (Phi) is 9.36. The normalized spacial score (nSPS) is 23.3. The Morgan fingerprint density at radius 3 is 2.24 bits per heavy atom. The van der Waals surface area contributed by atoms with Gasteiger partial charge < -0.3 is 10.0 Å². The summed E-state index contributed by atoms with van der Waals surface area (Å²) < 4.78 is 26.1. The lowest BCUT2D eigenvalue weighted by Crippen LogP contribution is -2.58. The number of benzene rings is 2. The van der Waals surface area contributed by atoms with Gasteiger partial charge in [-0.3, -0.25) is 9.59 Å². The lowest BCUT2D eigenvalue weighted by atomic mass is 9.65. The van der Waals surface area contributed by atoms with Crippen molar-refractivity contribution in [1.82, 2.24) is 4.90 Å². The monoisotopic (exact) mass is 567 g/mol. The molecule has 202 valence electrons. The van der Waals surface area contributed by atoms with Crippen LogP contribution in [0, 0.1) is 5.41 Å². The topological polar surface area (TPSA) is 91.8 Å². The van der Waals surface area contributed by atoms with Crippen LogP contribution in [0.3, 0.4) is 0 Å². The van der Waals surface area contributed by atoms with E-state index in [2.05, 4.69) is 0 Å². The lowest BCUT2D eigenvalue weighted by Gasteiger charge is -2.52. The van der Waals surface area contributed by atoms with Gasteiger partial charge in [-0.2, -0.15) is 0 Å². The van der Waals surface area contributed by atoms with Gasteiger partial charge in [-0.25, -0.2) is 8.42 Å². The lowest BCUT2D eigenvalue weighted by molar-refractivity contribution is -0.161. The molecule has 1 aliphatic rings. The predicted octanol–water partition coefficient (Wildman–Crippen LogP) is 6.52. The molecule has 0 bridgehead atoms. The number of aliphatic carboxylic acids is 1. The molecule has 37 heavy (non-hydrogen) atoms. The summed E-state index contributed by atoms with van der Waals surface area (Å²) in [7, 11) is -3.50. The van der Waals surface area contributed by atoms with Crippen LogP contribution in [-0.2, 0) is 19.4 Å². The summed E-state index contributed by atoms with van der Waals surface area (Å²) in [5.41, 5.74) is 0.495. The Morgan fingerprint density at radius 2 is 1.73 bits per heavy atom. The van der Waals surface area contributed by atoms with Crippen LogP contribution in [0.25, 0.3) is 0 Å². The van der Waals surface area contributed by atoms with E-state index in [0.717, 1.165) is 11.1 Å². The number of carbonyl (C=O) groups is 2. The number of carboxylic acids is 1. The minimum absolute atomic E-state index is 0.202. The predicted molar refractivity (Wildman–Crippen MR) is 148 cm³/mol. The molecular formula is C28H35Cl2NO5S. The van der Waals surface area contributed by atoms with E-state index in [-0.39, 0.29) is 24.0 Å². The van der Waals surface area contributed by atoms with Gasteiger partial charge >= 0.3 is 5.97 Å². The summed E-state index contributed by atoms with van der Waals surface area (Å²) in [5, 5.41) is 10.3. The molecule has 0 aliphatic carbocycles. The zero-order valence-corrected chi connectivity index (χ0v) is 24.0. The minimum atomic E-state index is -3.50. The molecule has 1 N–H and O–H groups in total. The van der Waals surface area contributed by atoms with E-state index in [0.29, 0.717) is 29.3 Å². The van der Waals surface area contributed by atoms with Gasteiger partial charge in [-0.05, 0) is 68.5 Å². The van der Waals surface area contributed by atoms with Gasteiger partial charge in [-0.1, -0.05) is 61.3 Å². The Bertz CT molecular complexity index is 1230.